The summed E-state index contributed by atoms with van der Waals surface area (Å²) in [5.41, 5.74) is 3.76. The number of nitrogens with zero attached hydrogens (tertiary/aromatic N) is 6. The summed E-state index contributed by atoms with van der Waals surface area (Å²) in [6.45, 7) is 8.22. The van der Waals surface area contributed by atoms with E-state index >= 15 is 0 Å². The molecule has 3 saturated heterocycles. The number of thiazole rings is 1. The van der Waals surface area contributed by atoms with E-state index in [2.05, 4.69) is 32.7 Å². The molecule has 12 nitrogen and oxygen atoms in total. The molecule has 3 aromatic heterocycles. The van der Waals surface area contributed by atoms with Gasteiger partial charge in [-0.1, -0.05) is 0 Å². The van der Waals surface area contributed by atoms with Crippen molar-refractivity contribution in [2.24, 2.45) is 0 Å². The highest BCUT2D eigenvalue weighted by Gasteiger charge is 2.30. The van der Waals surface area contributed by atoms with Crippen LogP contribution in [0.5, 0.6) is 0 Å². The van der Waals surface area contributed by atoms with Crippen molar-refractivity contribution in [1.82, 2.24) is 29.1 Å². The van der Waals surface area contributed by atoms with Crippen LogP contribution < -0.4 is 21.1 Å². The number of nitrogens with one attached hydrogen (secondary N) is 2. The number of pyridine rings is 1. The van der Waals surface area contributed by atoms with Crippen LogP contribution >= 0.6 is 22.1 Å². The van der Waals surface area contributed by atoms with E-state index in [0.717, 1.165) is 66.4 Å². The maximum absolute atomic E-state index is 14.2. The number of rotatable bonds is 7. The molecule has 14 heteroatoms. The lowest BCUT2D eigenvalue weighted by Gasteiger charge is -2.43. The van der Waals surface area contributed by atoms with Gasteiger partial charge in [0.1, 0.15) is 5.65 Å². The molecule has 3 aliphatic rings. The minimum Gasteiger partial charge on any atom is -0.379 e. The first kappa shape index (κ1) is 30.5. The molecule has 0 amide bonds. The van der Waals surface area contributed by atoms with Crippen LogP contribution in [-0.2, 0) is 4.74 Å². The number of hydrogen-bond donors (Lipinski definition) is 4. The molecule has 1 aromatic carbocycles. The van der Waals surface area contributed by atoms with E-state index in [0.29, 0.717) is 49.2 Å². The number of piperazine rings is 1. The van der Waals surface area contributed by atoms with Gasteiger partial charge in [0.2, 0.25) is 5.95 Å². The largest absolute Gasteiger partial charge is 0.379 e. The standard InChI is InChI=1S/C31H40N8O4S2/c1-20-27(35-29(44-20)21-7-12-38(13-8-21)45(2,41)42)26-17-22-18-33-31(36-28(22)39(30(26)40)25-9-16-43-19-25)34-23-3-5-24(6-4-23)37-14-10-32-11-15-37/h3-6,17-18,21,25,32,41-42H,7-16,19H2,1-2H3,(H,33,34,36). The third-order valence-electron chi connectivity index (χ3n) is 9.01. The summed E-state index contributed by atoms with van der Waals surface area (Å²) in [5, 5.41) is 8.47. The Balaban J connectivity index is 1.19. The summed E-state index contributed by atoms with van der Waals surface area (Å²) in [7, 11) is -2.70. The molecule has 0 aliphatic carbocycles. The Bertz CT molecular complexity index is 1720. The number of aromatic nitrogens is 4. The van der Waals surface area contributed by atoms with Crippen molar-refractivity contribution in [3.05, 3.63) is 56.8 Å². The van der Waals surface area contributed by atoms with E-state index in [1.54, 1.807) is 26.4 Å². The van der Waals surface area contributed by atoms with Crippen LogP contribution in [0.15, 0.2) is 41.3 Å². The molecule has 4 N–H and O–H groups in total. The molecular weight excluding hydrogens is 613 g/mol. The molecule has 0 bridgehead atoms. The number of benzene rings is 1. The maximum Gasteiger partial charge on any atom is 0.262 e. The lowest BCUT2D eigenvalue weighted by molar-refractivity contribution is 0.186. The molecule has 0 spiro atoms. The second kappa shape index (κ2) is 12.6. The van der Waals surface area contributed by atoms with E-state index in [1.807, 2.05) is 25.1 Å². The van der Waals surface area contributed by atoms with Gasteiger partial charge in [0, 0.05) is 85.9 Å². The zero-order valence-electron chi connectivity index (χ0n) is 25.6. The fourth-order valence-corrected chi connectivity index (χ4v) is 8.52. The number of piperidine rings is 1. The zero-order valence-corrected chi connectivity index (χ0v) is 27.2. The molecule has 1 atom stereocenters. The number of hydrogen-bond acceptors (Lipinski definition) is 12. The molecule has 3 fully saturated rings. The van der Waals surface area contributed by atoms with Crippen molar-refractivity contribution in [2.75, 3.05) is 69.0 Å². The number of fused-ring (bicyclic) bond motifs is 1. The van der Waals surface area contributed by atoms with Crippen molar-refractivity contribution in [3.8, 4) is 11.3 Å². The molecule has 0 saturated carbocycles. The molecule has 3 aliphatic heterocycles. The predicted octanol–water partition coefficient (Wildman–Crippen LogP) is 4.81. The lowest BCUT2D eigenvalue weighted by Crippen LogP contribution is -2.43. The molecule has 240 valence electrons. The van der Waals surface area contributed by atoms with E-state index in [9.17, 15) is 13.9 Å². The van der Waals surface area contributed by atoms with Gasteiger partial charge in [0.25, 0.3) is 5.56 Å². The van der Waals surface area contributed by atoms with Crippen LogP contribution in [0.25, 0.3) is 22.3 Å². The molecular formula is C31H40N8O4S2. The zero-order chi connectivity index (χ0) is 31.1. The van der Waals surface area contributed by atoms with Crippen LogP contribution in [0, 0.1) is 6.92 Å². The first-order valence-corrected chi connectivity index (χ1v) is 18.3. The summed E-state index contributed by atoms with van der Waals surface area (Å²) in [6.07, 6.45) is 5.57. The highest BCUT2D eigenvalue weighted by Crippen LogP contribution is 2.44. The van der Waals surface area contributed by atoms with Crippen LogP contribution in [0.4, 0.5) is 17.3 Å². The maximum atomic E-state index is 14.2. The van der Waals surface area contributed by atoms with Gasteiger partial charge in [0.15, 0.2) is 0 Å². The predicted molar refractivity (Wildman–Crippen MR) is 181 cm³/mol. The van der Waals surface area contributed by atoms with Crippen LogP contribution in [0.2, 0.25) is 0 Å². The topological polar surface area (TPSA) is 141 Å². The van der Waals surface area contributed by atoms with Gasteiger partial charge in [-0.25, -0.2) is 14.3 Å². The summed E-state index contributed by atoms with van der Waals surface area (Å²) in [5.74, 6) is 0.647. The van der Waals surface area contributed by atoms with Crippen LogP contribution in [0.1, 0.15) is 41.1 Å². The lowest BCUT2D eigenvalue weighted by atomic mass is 9.99. The summed E-state index contributed by atoms with van der Waals surface area (Å²) in [4.78, 5) is 32.1. The number of aryl methyl sites for hydroxylation is 1. The average molecular weight is 653 g/mol. The first-order chi connectivity index (χ1) is 21.7. The summed E-state index contributed by atoms with van der Waals surface area (Å²) in [6, 6.07) is 10.0. The Hall–Kier alpha value is -3.11. The quantitative estimate of drug-likeness (QED) is 0.219. The average Bonchev–Trinajstić information content (AvgIpc) is 3.71. The smallest absolute Gasteiger partial charge is 0.262 e. The third kappa shape index (κ3) is 6.32. The van der Waals surface area contributed by atoms with Crippen molar-refractivity contribution >= 4 is 50.5 Å². The number of ether oxygens (including phenoxy) is 1. The fraction of sp³-hybridized carbons (Fsp3) is 0.484. The van der Waals surface area contributed by atoms with Gasteiger partial charge in [-0.15, -0.1) is 22.1 Å². The van der Waals surface area contributed by atoms with Crippen molar-refractivity contribution < 1.29 is 13.8 Å². The SMILES string of the molecule is Cc1sc(C2CCN(S(C)(O)O)CC2)nc1-c1cc2cnc(Nc3ccc(N4CCNCC4)cc3)nc2n(C2CCOC2)c1=O. The molecule has 45 heavy (non-hydrogen) atoms. The Morgan fingerprint density at radius 3 is 2.51 bits per heavy atom. The van der Waals surface area contributed by atoms with E-state index in [1.165, 1.54) is 11.9 Å². The normalized spacial score (nSPS) is 20.6. The Kier molecular flexibility index (Phi) is 8.54. The molecule has 4 aromatic rings. The van der Waals surface area contributed by atoms with Crippen LogP contribution in [-0.4, -0.2) is 91.7 Å². The fourth-order valence-electron chi connectivity index (χ4n) is 6.51. The summed E-state index contributed by atoms with van der Waals surface area (Å²) >= 11 is 1.62. The van der Waals surface area contributed by atoms with Gasteiger partial charge in [-0.3, -0.25) is 18.5 Å². The molecule has 6 heterocycles. The Morgan fingerprint density at radius 1 is 1.07 bits per heavy atom. The van der Waals surface area contributed by atoms with Crippen LogP contribution in [0.3, 0.4) is 0 Å². The van der Waals surface area contributed by atoms with Gasteiger partial charge in [0.05, 0.1) is 28.9 Å². The van der Waals surface area contributed by atoms with Crippen molar-refractivity contribution in [3.63, 3.8) is 0 Å². The van der Waals surface area contributed by atoms with Crippen molar-refractivity contribution in [1.29, 1.82) is 0 Å². The molecule has 1 unspecified atom stereocenters. The van der Waals surface area contributed by atoms with Crippen molar-refractivity contribution in [2.45, 2.75) is 38.1 Å². The highest BCUT2D eigenvalue weighted by molar-refractivity contribution is 8.21. The van der Waals surface area contributed by atoms with Gasteiger partial charge in [-0.05, 0) is 56.5 Å². The van der Waals surface area contributed by atoms with Gasteiger partial charge >= 0.3 is 0 Å². The van der Waals surface area contributed by atoms with Gasteiger partial charge in [-0.2, -0.15) is 4.98 Å². The van der Waals surface area contributed by atoms with Gasteiger partial charge < -0.3 is 20.3 Å². The molecule has 7 rings (SSSR count). The highest BCUT2D eigenvalue weighted by atomic mass is 32.3. The third-order valence-corrected chi connectivity index (χ3v) is 11.5. The summed E-state index contributed by atoms with van der Waals surface area (Å²) < 4.78 is 29.4. The number of anilines is 3. The second-order valence-electron chi connectivity index (χ2n) is 12.1. The van der Waals surface area contributed by atoms with E-state index in [4.69, 9.17) is 14.7 Å². The first-order valence-electron chi connectivity index (χ1n) is 15.5. The minimum atomic E-state index is -2.70. The Labute approximate surface area is 268 Å². The Morgan fingerprint density at radius 2 is 1.82 bits per heavy atom. The molecule has 0 radical (unpaired) electrons. The van der Waals surface area contributed by atoms with E-state index < -0.39 is 10.8 Å². The monoisotopic (exact) mass is 652 g/mol. The van der Waals surface area contributed by atoms with E-state index in [-0.39, 0.29) is 17.5 Å². The second-order valence-corrected chi connectivity index (χ2v) is 15.4. The minimum absolute atomic E-state index is 0.127.